The van der Waals surface area contributed by atoms with Crippen molar-refractivity contribution in [2.45, 2.75) is 6.42 Å². The van der Waals surface area contributed by atoms with Crippen LogP contribution in [0.25, 0.3) is 0 Å². The molecule has 0 heterocycles. The van der Waals surface area contributed by atoms with E-state index in [1.807, 2.05) is 0 Å². The van der Waals surface area contributed by atoms with Crippen molar-refractivity contribution >= 4 is 17.9 Å². The van der Waals surface area contributed by atoms with Crippen LogP contribution in [0.4, 0.5) is 5.69 Å². The van der Waals surface area contributed by atoms with E-state index in [9.17, 15) is 14.9 Å². The molecule has 0 N–H and O–H groups in total. The van der Waals surface area contributed by atoms with Crippen molar-refractivity contribution in [3.8, 4) is 0 Å². The first-order valence-electron chi connectivity index (χ1n) is 5.10. The number of methoxy groups -OCH3 is 1. The Hall–Kier alpha value is -2.44. The third-order valence-corrected chi connectivity index (χ3v) is 2.01. The van der Waals surface area contributed by atoms with E-state index in [1.165, 1.54) is 25.5 Å². The minimum absolute atomic E-state index is 0.0127. The number of nitro benzene ring substituents is 1. The monoisotopic (exact) mass is 252 g/mol. The fourth-order valence-electron chi connectivity index (χ4n) is 1.06. The molecule has 0 aromatic heterocycles. The highest BCUT2D eigenvalue weighted by Crippen LogP contribution is 2.10. The topological polar surface area (TPSA) is 91.0 Å². The summed E-state index contributed by atoms with van der Waals surface area (Å²) in [5.41, 5.74) is 0.678. The first-order chi connectivity index (χ1) is 8.63. The molecule has 0 aliphatic heterocycles. The van der Waals surface area contributed by atoms with Gasteiger partial charge in [-0.15, -0.1) is 0 Å². The lowest BCUT2D eigenvalue weighted by Gasteiger charge is -1.98. The van der Waals surface area contributed by atoms with Gasteiger partial charge in [0.05, 0.1) is 24.7 Å². The van der Waals surface area contributed by atoms with E-state index in [-0.39, 0.29) is 24.7 Å². The van der Waals surface area contributed by atoms with Crippen LogP contribution >= 0.6 is 0 Å². The van der Waals surface area contributed by atoms with Crippen LogP contribution < -0.4 is 0 Å². The predicted molar refractivity (Wildman–Crippen MR) is 63.3 cm³/mol. The zero-order valence-corrected chi connectivity index (χ0v) is 9.74. The summed E-state index contributed by atoms with van der Waals surface area (Å²) in [6.07, 6.45) is 1.52. The number of oxime groups is 1. The Kier molecular flexibility index (Phi) is 5.30. The SMILES string of the molecule is COC(=O)CCO/N=C/c1ccc([N+](=O)[O-])cc1. The van der Waals surface area contributed by atoms with Crippen LogP contribution in [0.5, 0.6) is 0 Å². The zero-order chi connectivity index (χ0) is 13.4. The molecular weight excluding hydrogens is 240 g/mol. The first kappa shape index (κ1) is 13.6. The number of ether oxygens (including phenoxy) is 1. The van der Waals surface area contributed by atoms with Gasteiger partial charge in [-0.05, 0) is 17.7 Å². The second kappa shape index (κ2) is 7.00. The number of benzene rings is 1. The predicted octanol–water partition coefficient (Wildman–Crippen LogP) is 1.51. The summed E-state index contributed by atoms with van der Waals surface area (Å²) < 4.78 is 4.42. The molecule has 1 aromatic rings. The second-order valence-corrected chi connectivity index (χ2v) is 3.24. The average Bonchev–Trinajstić information content (AvgIpc) is 2.38. The number of carbonyl (C=O) groups excluding carboxylic acids is 1. The summed E-state index contributed by atoms with van der Waals surface area (Å²) in [5.74, 6) is -0.375. The van der Waals surface area contributed by atoms with Gasteiger partial charge in [0.1, 0.15) is 6.61 Å². The number of carbonyl (C=O) groups is 1. The van der Waals surface area contributed by atoms with Gasteiger partial charge in [0.2, 0.25) is 0 Å². The molecule has 18 heavy (non-hydrogen) atoms. The van der Waals surface area contributed by atoms with E-state index in [0.717, 1.165) is 0 Å². The lowest BCUT2D eigenvalue weighted by atomic mass is 10.2. The van der Waals surface area contributed by atoms with Crippen molar-refractivity contribution < 1.29 is 19.3 Å². The molecule has 0 aliphatic carbocycles. The van der Waals surface area contributed by atoms with Gasteiger partial charge in [-0.3, -0.25) is 14.9 Å². The fourth-order valence-corrected chi connectivity index (χ4v) is 1.06. The van der Waals surface area contributed by atoms with Gasteiger partial charge in [0, 0.05) is 12.1 Å². The standard InChI is InChI=1S/C11H12N2O5/c1-17-11(14)6-7-18-12-8-9-2-4-10(5-3-9)13(15)16/h2-5,8H,6-7H2,1H3/b12-8+. The summed E-state index contributed by atoms with van der Waals surface area (Å²) in [6, 6.07) is 5.84. The maximum atomic E-state index is 10.7. The zero-order valence-electron chi connectivity index (χ0n) is 9.74. The Morgan fingerprint density at radius 3 is 2.67 bits per heavy atom. The Balaban J connectivity index is 2.38. The second-order valence-electron chi connectivity index (χ2n) is 3.24. The van der Waals surface area contributed by atoms with Crippen LogP contribution in [0.3, 0.4) is 0 Å². The number of nitro groups is 1. The normalized spacial score (nSPS) is 10.3. The quantitative estimate of drug-likeness (QED) is 0.251. The third-order valence-electron chi connectivity index (χ3n) is 2.01. The van der Waals surface area contributed by atoms with Crippen molar-refractivity contribution in [3.05, 3.63) is 39.9 Å². The summed E-state index contributed by atoms with van der Waals surface area (Å²) >= 11 is 0. The van der Waals surface area contributed by atoms with Crippen LogP contribution in [0, 0.1) is 10.1 Å². The molecular formula is C11H12N2O5. The Morgan fingerprint density at radius 1 is 1.44 bits per heavy atom. The molecule has 0 saturated heterocycles. The minimum atomic E-state index is -0.478. The number of rotatable bonds is 6. The summed E-state index contributed by atoms with van der Waals surface area (Å²) in [5, 5.41) is 14.0. The van der Waals surface area contributed by atoms with Crippen molar-refractivity contribution in [2.24, 2.45) is 5.16 Å². The lowest BCUT2D eigenvalue weighted by Crippen LogP contribution is -2.03. The van der Waals surface area contributed by atoms with Crippen LogP contribution in [-0.4, -0.2) is 30.8 Å². The van der Waals surface area contributed by atoms with E-state index in [1.54, 1.807) is 12.1 Å². The van der Waals surface area contributed by atoms with Crippen molar-refractivity contribution in [1.82, 2.24) is 0 Å². The van der Waals surface area contributed by atoms with Crippen LogP contribution in [0.1, 0.15) is 12.0 Å². The van der Waals surface area contributed by atoms with Gasteiger partial charge in [0.25, 0.3) is 5.69 Å². The molecule has 0 bridgehead atoms. The number of nitrogens with zero attached hydrogens (tertiary/aromatic N) is 2. The summed E-state index contributed by atoms with van der Waals surface area (Å²) in [4.78, 5) is 25.5. The Morgan fingerprint density at radius 2 is 2.11 bits per heavy atom. The molecule has 7 heteroatoms. The molecule has 1 rings (SSSR count). The van der Waals surface area contributed by atoms with Crippen LogP contribution in [-0.2, 0) is 14.4 Å². The molecule has 0 fully saturated rings. The molecule has 0 unspecified atom stereocenters. The summed E-state index contributed by atoms with van der Waals surface area (Å²) in [7, 11) is 1.29. The smallest absolute Gasteiger partial charge is 0.309 e. The lowest BCUT2D eigenvalue weighted by molar-refractivity contribution is -0.384. The van der Waals surface area contributed by atoms with E-state index < -0.39 is 4.92 Å². The molecule has 96 valence electrons. The highest BCUT2D eigenvalue weighted by molar-refractivity contribution is 5.79. The van der Waals surface area contributed by atoms with Crippen molar-refractivity contribution in [3.63, 3.8) is 0 Å². The molecule has 0 atom stereocenters. The molecule has 0 spiro atoms. The average molecular weight is 252 g/mol. The molecule has 1 aromatic carbocycles. The van der Waals surface area contributed by atoms with Gasteiger partial charge in [-0.1, -0.05) is 5.16 Å². The number of hydrogen-bond donors (Lipinski definition) is 0. The first-order valence-corrected chi connectivity index (χ1v) is 5.10. The largest absolute Gasteiger partial charge is 0.469 e. The van der Waals surface area contributed by atoms with E-state index in [2.05, 4.69) is 9.89 Å². The van der Waals surface area contributed by atoms with Gasteiger partial charge >= 0.3 is 5.97 Å². The van der Waals surface area contributed by atoms with Crippen LogP contribution in [0.2, 0.25) is 0 Å². The highest BCUT2D eigenvalue weighted by atomic mass is 16.6. The highest BCUT2D eigenvalue weighted by Gasteiger charge is 2.02. The van der Waals surface area contributed by atoms with Crippen LogP contribution in [0.15, 0.2) is 29.4 Å². The third kappa shape index (κ3) is 4.60. The summed E-state index contributed by atoms with van der Waals surface area (Å²) in [6.45, 7) is 0.121. The maximum absolute atomic E-state index is 10.7. The minimum Gasteiger partial charge on any atom is -0.469 e. The molecule has 7 nitrogen and oxygen atoms in total. The maximum Gasteiger partial charge on any atom is 0.309 e. The molecule has 0 amide bonds. The Labute approximate surface area is 103 Å². The fraction of sp³-hybridized carbons (Fsp3) is 0.273. The number of hydrogen-bond acceptors (Lipinski definition) is 6. The van der Waals surface area contributed by atoms with Gasteiger partial charge < -0.3 is 9.57 Å². The number of non-ortho nitro benzene ring substituents is 1. The van der Waals surface area contributed by atoms with Gasteiger partial charge in [0.15, 0.2) is 0 Å². The van der Waals surface area contributed by atoms with E-state index in [0.29, 0.717) is 5.56 Å². The van der Waals surface area contributed by atoms with E-state index in [4.69, 9.17) is 4.84 Å². The Bertz CT molecular complexity index is 441. The van der Waals surface area contributed by atoms with Crippen molar-refractivity contribution in [2.75, 3.05) is 13.7 Å². The van der Waals surface area contributed by atoms with Gasteiger partial charge in [-0.2, -0.15) is 0 Å². The van der Waals surface area contributed by atoms with E-state index >= 15 is 0 Å². The molecule has 0 saturated carbocycles. The molecule has 0 radical (unpaired) electrons. The van der Waals surface area contributed by atoms with Gasteiger partial charge in [-0.25, -0.2) is 0 Å². The molecule has 0 aliphatic rings. The number of esters is 1. The van der Waals surface area contributed by atoms with Crippen molar-refractivity contribution in [1.29, 1.82) is 0 Å².